The van der Waals surface area contributed by atoms with E-state index in [0.29, 0.717) is 0 Å². The third-order valence-electron chi connectivity index (χ3n) is 4.07. The lowest BCUT2D eigenvalue weighted by Gasteiger charge is -2.36. The van der Waals surface area contributed by atoms with Gasteiger partial charge in [-0.1, -0.05) is 92.7 Å². The first-order valence-corrected chi connectivity index (χ1v) is 8.81. The number of rotatable bonds is 4. The average molecular weight is 292 g/mol. The Morgan fingerprint density at radius 3 is 1.76 bits per heavy atom. The molecule has 0 nitrogen and oxygen atoms in total. The molecule has 0 spiro atoms. The average Bonchev–Trinajstić information content (AvgIpc) is 3.04. The third-order valence-corrected chi connectivity index (χ3v) is 7.07. The zero-order valence-corrected chi connectivity index (χ0v) is 13.6. The van der Waals surface area contributed by atoms with Crippen molar-refractivity contribution in [3.63, 3.8) is 0 Å². The lowest BCUT2D eigenvalue weighted by molar-refractivity contribution is 0.848. The second-order valence-corrected chi connectivity index (χ2v) is 8.68. The van der Waals surface area contributed by atoms with Gasteiger partial charge >= 0.3 is 0 Å². The monoisotopic (exact) mass is 292 g/mol. The van der Waals surface area contributed by atoms with Crippen LogP contribution in [0.1, 0.15) is 20.3 Å². The van der Waals surface area contributed by atoms with Crippen LogP contribution < -0.4 is 10.6 Å². The highest BCUT2D eigenvalue weighted by atomic mass is 31.1. The molecule has 1 aliphatic carbocycles. The lowest BCUT2D eigenvalue weighted by atomic mass is 10.0. The van der Waals surface area contributed by atoms with Crippen molar-refractivity contribution >= 4 is 18.5 Å². The number of hydrogen-bond donors (Lipinski definition) is 0. The van der Waals surface area contributed by atoms with Crippen molar-refractivity contribution in [1.29, 1.82) is 0 Å². The molecule has 0 fully saturated rings. The standard InChI is InChI=1S/C20H21P/c1-20(2,17-11-9-10-12-17)21(18-13-5-3-6-14-18)19-15-7-4-8-16-19/h3-9,11-16H,10H2,1-2H3. The summed E-state index contributed by atoms with van der Waals surface area (Å²) in [6.45, 7) is 4.78. The van der Waals surface area contributed by atoms with Gasteiger partial charge in [0.15, 0.2) is 0 Å². The van der Waals surface area contributed by atoms with E-state index in [-0.39, 0.29) is 5.16 Å². The topological polar surface area (TPSA) is 0 Å². The quantitative estimate of drug-likeness (QED) is 0.711. The second-order valence-electron chi connectivity index (χ2n) is 5.86. The number of allylic oxidation sites excluding steroid dienone is 4. The van der Waals surface area contributed by atoms with Crippen molar-refractivity contribution in [2.24, 2.45) is 0 Å². The minimum Gasteiger partial charge on any atom is -0.0804 e. The number of benzene rings is 2. The molecule has 1 heteroatoms. The van der Waals surface area contributed by atoms with Gasteiger partial charge in [-0.2, -0.15) is 0 Å². The van der Waals surface area contributed by atoms with Gasteiger partial charge in [0.1, 0.15) is 0 Å². The van der Waals surface area contributed by atoms with Gasteiger partial charge in [-0.3, -0.25) is 0 Å². The van der Waals surface area contributed by atoms with Gasteiger partial charge in [-0.15, -0.1) is 0 Å². The fourth-order valence-corrected chi connectivity index (χ4v) is 5.94. The molecule has 0 saturated heterocycles. The Balaban J connectivity index is 2.11. The Hall–Kier alpha value is -1.65. The first kappa shape index (κ1) is 14.3. The van der Waals surface area contributed by atoms with Crippen molar-refractivity contribution in [2.45, 2.75) is 25.4 Å². The molecule has 2 aromatic carbocycles. The Labute approximate surface area is 129 Å². The molecule has 0 aliphatic heterocycles. The molecule has 2 aromatic rings. The molecule has 3 rings (SSSR count). The minimum absolute atomic E-state index is 0.144. The lowest BCUT2D eigenvalue weighted by Crippen LogP contribution is -2.30. The maximum Gasteiger partial charge on any atom is 0.0175 e. The van der Waals surface area contributed by atoms with Crippen LogP contribution in [0, 0.1) is 0 Å². The zero-order valence-electron chi connectivity index (χ0n) is 12.7. The largest absolute Gasteiger partial charge is 0.0804 e. The fraction of sp³-hybridized carbons (Fsp3) is 0.200. The van der Waals surface area contributed by atoms with Crippen LogP contribution in [-0.4, -0.2) is 5.16 Å². The molecular weight excluding hydrogens is 271 g/mol. The molecule has 0 N–H and O–H groups in total. The van der Waals surface area contributed by atoms with Crippen LogP contribution in [0.5, 0.6) is 0 Å². The summed E-state index contributed by atoms with van der Waals surface area (Å²) in [5, 5.41) is 3.04. The number of hydrogen-bond acceptors (Lipinski definition) is 0. The van der Waals surface area contributed by atoms with Gasteiger partial charge in [0.25, 0.3) is 0 Å². The van der Waals surface area contributed by atoms with Gasteiger partial charge < -0.3 is 0 Å². The molecule has 0 bridgehead atoms. The van der Waals surface area contributed by atoms with Crippen LogP contribution in [0.3, 0.4) is 0 Å². The predicted molar refractivity (Wildman–Crippen MR) is 95.0 cm³/mol. The van der Waals surface area contributed by atoms with Gasteiger partial charge in [0.2, 0.25) is 0 Å². The molecule has 0 radical (unpaired) electrons. The summed E-state index contributed by atoms with van der Waals surface area (Å²) < 4.78 is 0. The van der Waals surface area contributed by atoms with Gasteiger partial charge in [-0.25, -0.2) is 0 Å². The van der Waals surface area contributed by atoms with E-state index < -0.39 is 7.92 Å². The maximum absolute atomic E-state index is 2.39. The van der Waals surface area contributed by atoms with E-state index in [2.05, 4.69) is 92.7 Å². The summed E-state index contributed by atoms with van der Waals surface area (Å²) >= 11 is 0. The van der Waals surface area contributed by atoms with Gasteiger partial charge in [0.05, 0.1) is 0 Å². The van der Waals surface area contributed by atoms with E-state index in [1.807, 2.05) is 0 Å². The predicted octanol–water partition coefficient (Wildman–Crippen LogP) is 4.78. The van der Waals surface area contributed by atoms with Gasteiger partial charge in [-0.05, 0) is 30.5 Å². The minimum atomic E-state index is -0.425. The van der Waals surface area contributed by atoms with Crippen LogP contribution >= 0.6 is 7.92 Å². The SMILES string of the molecule is CC(C)(C1=CCC=C1)P(c1ccccc1)c1ccccc1. The molecule has 0 amide bonds. The Morgan fingerprint density at radius 2 is 1.33 bits per heavy atom. The fourth-order valence-electron chi connectivity index (χ4n) is 2.99. The normalized spacial score (nSPS) is 14.5. The first-order valence-electron chi connectivity index (χ1n) is 7.47. The van der Waals surface area contributed by atoms with Crippen molar-refractivity contribution in [3.05, 3.63) is 84.5 Å². The van der Waals surface area contributed by atoms with E-state index in [9.17, 15) is 0 Å². The van der Waals surface area contributed by atoms with Crippen LogP contribution in [0.25, 0.3) is 0 Å². The van der Waals surface area contributed by atoms with Crippen molar-refractivity contribution < 1.29 is 0 Å². The molecule has 106 valence electrons. The van der Waals surface area contributed by atoms with Crippen LogP contribution in [0.15, 0.2) is 84.5 Å². The summed E-state index contributed by atoms with van der Waals surface area (Å²) in [7, 11) is -0.425. The van der Waals surface area contributed by atoms with E-state index in [1.54, 1.807) is 0 Å². The van der Waals surface area contributed by atoms with Crippen LogP contribution in [-0.2, 0) is 0 Å². The highest BCUT2D eigenvalue weighted by Crippen LogP contribution is 2.52. The van der Waals surface area contributed by atoms with Crippen molar-refractivity contribution in [1.82, 2.24) is 0 Å². The van der Waals surface area contributed by atoms with Crippen LogP contribution in [0.2, 0.25) is 0 Å². The van der Waals surface area contributed by atoms with E-state index >= 15 is 0 Å². The molecule has 0 aromatic heterocycles. The maximum atomic E-state index is 2.39. The second kappa shape index (κ2) is 6.00. The summed E-state index contributed by atoms with van der Waals surface area (Å²) in [5.41, 5.74) is 1.47. The Kier molecular flexibility index (Phi) is 4.08. The molecule has 0 unspecified atom stereocenters. The first-order chi connectivity index (χ1) is 10.2. The summed E-state index contributed by atoms with van der Waals surface area (Å²) in [4.78, 5) is 0. The van der Waals surface area contributed by atoms with E-state index in [1.165, 1.54) is 16.2 Å². The molecule has 0 atom stereocenters. The highest BCUT2D eigenvalue weighted by Gasteiger charge is 2.34. The molecule has 0 saturated carbocycles. The molecule has 0 heterocycles. The third kappa shape index (κ3) is 2.87. The van der Waals surface area contributed by atoms with E-state index in [4.69, 9.17) is 0 Å². The smallest absolute Gasteiger partial charge is 0.0175 e. The molecule has 21 heavy (non-hydrogen) atoms. The van der Waals surface area contributed by atoms with Gasteiger partial charge in [0, 0.05) is 5.16 Å². The summed E-state index contributed by atoms with van der Waals surface area (Å²) in [6, 6.07) is 21.9. The molecular formula is C20H21P. The van der Waals surface area contributed by atoms with E-state index in [0.717, 1.165) is 6.42 Å². The summed E-state index contributed by atoms with van der Waals surface area (Å²) in [5.74, 6) is 0. The highest BCUT2D eigenvalue weighted by molar-refractivity contribution is 7.74. The Bertz CT molecular complexity index is 611. The zero-order chi connectivity index (χ0) is 14.7. The van der Waals surface area contributed by atoms with Crippen molar-refractivity contribution in [3.8, 4) is 0 Å². The molecule has 1 aliphatic rings. The van der Waals surface area contributed by atoms with Crippen molar-refractivity contribution in [2.75, 3.05) is 0 Å². The summed E-state index contributed by atoms with van der Waals surface area (Å²) in [6.07, 6.45) is 8.02. The Morgan fingerprint density at radius 1 is 0.810 bits per heavy atom. The van der Waals surface area contributed by atoms with Crippen LogP contribution in [0.4, 0.5) is 0 Å².